The van der Waals surface area contributed by atoms with Crippen LogP contribution >= 0.6 is 32.4 Å². The summed E-state index contributed by atoms with van der Waals surface area (Å²) in [4.78, 5) is 21.3. The quantitative estimate of drug-likeness (QED) is 0.0515. The fourth-order valence-electron chi connectivity index (χ4n) is 5.45. The molecule has 0 aromatic carbocycles. The molecule has 6 rings (SSSR count). The highest BCUT2D eigenvalue weighted by Crippen LogP contribution is 2.41. The van der Waals surface area contributed by atoms with Gasteiger partial charge in [-0.25, -0.2) is 33.7 Å². The second-order valence-corrected chi connectivity index (χ2v) is 12.1. The number of alkyl halides is 2. The summed E-state index contributed by atoms with van der Waals surface area (Å²) in [5.41, 5.74) is 1.08. The molecule has 0 bridgehead atoms. The second-order valence-electron chi connectivity index (χ2n) is 10.2. The lowest BCUT2D eigenvalue weighted by molar-refractivity contribution is -0.0427. The molecule has 9 atom stereocenters. The van der Waals surface area contributed by atoms with Crippen LogP contribution in [-0.2, 0) is 22.7 Å². The van der Waals surface area contributed by atoms with E-state index < -0.39 is 69.7 Å². The molecule has 2 aliphatic rings. The first-order valence-corrected chi connectivity index (χ1v) is 16.6. The summed E-state index contributed by atoms with van der Waals surface area (Å²) >= 11 is 7.40. The maximum Gasteiger partial charge on any atom is 0.582 e. The monoisotopic (exact) mass is 700 g/mol. The lowest BCUT2D eigenvalue weighted by atomic mass is 10.1. The second kappa shape index (κ2) is 14.4. The Labute approximate surface area is 271 Å². The summed E-state index contributed by atoms with van der Waals surface area (Å²) in [6.45, 7) is -0.215. The summed E-state index contributed by atoms with van der Waals surface area (Å²) in [5, 5.41) is 26.1. The minimum absolute atomic E-state index is 0.283. The van der Waals surface area contributed by atoms with Crippen molar-refractivity contribution in [3.63, 3.8) is 0 Å². The van der Waals surface area contributed by atoms with Crippen LogP contribution in [0.25, 0.3) is 22.2 Å². The van der Waals surface area contributed by atoms with Crippen LogP contribution in [-0.4, -0.2) is 107 Å². The largest absolute Gasteiger partial charge is 0.582 e. The zero-order valence-corrected chi connectivity index (χ0v) is 26.3. The van der Waals surface area contributed by atoms with Crippen molar-refractivity contribution in [3.05, 3.63) is 43.4 Å². The van der Waals surface area contributed by atoms with Crippen molar-refractivity contribution in [1.82, 2.24) is 34.1 Å². The topological polar surface area (TPSA) is 193 Å². The van der Waals surface area contributed by atoms with Crippen LogP contribution in [0.2, 0.25) is 0 Å². The number of fused-ring (bicyclic) bond motifs is 2. The Morgan fingerprint density at radius 2 is 1.52 bits per heavy atom. The van der Waals surface area contributed by atoms with E-state index in [4.69, 9.17) is 18.2 Å². The summed E-state index contributed by atoms with van der Waals surface area (Å²) in [6.07, 6.45) is -0.545. The van der Waals surface area contributed by atoms with Gasteiger partial charge >= 0.3 is 7.23 Å². The van der Waals surface area contributed by atoms with Crippen molar-refractivity contribution in [1.29, 1.82) is 0 Å². The van der Waals surface area contributed by atoms with Gasteiger partial charge in [0.1, 0.15) is 54.7 Å². The van der Waals surface area contributed by atoms with Crippen LogP contribution in [0, 0.1) is 0 Å². The van der Waals surface area contributed by atoms with Gasteiger partial charge in [-0.15, -0.1) is 4.52 Å². The van der Waals surface area contributed by atoms with Crippen molar-refractivity contribution >= 4 is 66.2 Å². The molecule has 0 radical (unpaired) electrons. The molecule has 2 aliphatic heterocycles. The summed E-state index contributed by atoms with van der Waals surface area (Å²) < 4.78 is 65.8. The number of hydrogen-bond donors (Lipinski definition) is 6. The third kappa shape index (κ3) is 6.28. The van der Waals surface area contributed by atoms with Gasteiger partial charge in [0, 0.05) is 19.3 Å². The molecule has 6 heterocycles. The first-order valence-electron chi connectivity index (χ1n) is 13.9. The van der Waals surface area contributed by atoms with Gasteiger partial charge in [0.15, 0.2) is 47.9 Å². The molecule has 2 fully saturated rings. The number of anilines is 2. The van der Waals surface area contributed by atoms with E-state index in [1.54, 1.807) is 12.3 Å². The van der Waals surface area contributed by atoms with Crippen molar-refractivity contribution in [2.24, 2.45) is 0 Å². The number of imidazole rings is 1. The number of thiol groups is 2. The highest BCUT2D eigenvalue weighted by atomic mass is 32.7. The third-order valence-corrected chi connectivity index (χ3v) is 8.54. The minimum atomic E-state index is -2.42. The first-order chi connectivity index (χ1) is 22.4. The number of aromatic nitrogens is 7. The van der Waals surface area contributed by atoms with Crippen molar-refractivity contribution in [3.8, 4) is 0 Å². The van der Waals surface area contributed by atoms with Gasteiger partial charge in [-0.3, -0.25) is 4.57 Å². The number of halogens is 2. The van der Waals surface area contributed by atoms with Gasteiger partial charge in [0.05, 0.1) is 24.9 Å². The van der Waals surface area contributed by atoms with Gasteiger partial charge in [-0.1, -0.05) is 12.2 Å². The van der Waals surface area contributed by atoms with Crippen LogP contribution in [0.4, 0.5) is 20.4 Å². The van der Waals surface area contributed by atoms with E-state index in [-0.39, 0.29) is 5.65 Å². The van der Waals surface area contributed by atoms with E-state index in [2.05, 4.69) is 60.7 Å². The van der Waals surface area contributed by atoms with Crippen LogP contribution in [0.3, 0.4) is 0 Å². The number of aliphatic hydroxyl groups is 2. The zero-order chi connectivity index (χ0) is 32.4. The van der Waals surface area contributed by atoms with Gasteiger partial charge < -0.3 is 39.1 Å². The van der Waals surface area contributed by atoms with Crippen molar-refractivity contribution in [2.75, 3.05) is 36.9 Å². The summed E-state index contributed by atoms with van der Waals surface area (Å²) in [6, 6.07) is 1.74. The fourth-order valence-corrected chi connectivity index (χ4v) is 6.49. The summed E-state index contributed by atoms with van der Waals surface area (Å²) in [7, 11) is -2.42. The molecule has 0 aliphatic carbocycles. The average Bonchev–Trinajstić information content (AvgIpc) is 3.82. The average molecular weight is 701 g/mol. The standard InChI is InChI=1S/C25H28F2N9O7PS2/c26-15-18(42-44(39)46)13(7-37)40-25(15)36-11-34-17-21(31-10-33-23(17)36)29-5-2-1-4-28-20-12-3-6-35(22(12)32-9-30-20)24-16(27)19(43-45)14(8-38)41-24/h1-3,6,9-11,13-16,18-19,24-25,37-38H,4-5,7-8H2,(H3-,28,29,30,31,32,33,39,45,46)/p+1/b2-1+/t13-,14-,15-,16-,18-,19-,24-,25-/m1/s1. The fraction of sp³-hybridized carbons (Fsp3) is 0.480. The number of hydrogen-bond acceptors (Lipinski definition) is 15. The Hall–Kier alpha value is -3.07. The zero-order valence-electron chi connectivity index (χ0n) is 23.7. The van der Waals surface area contributed by atoms with Crippen molar-refractivity contribution in [2.45, 2.75) is 49.2 Å². The van der Waals surface area contributed by atoms with E-state index in [1.165, 1.54) is 28.1 Å². The molecule has 4 N–H and O–H groups in total. The van der Waals surface area contributed by atoms with Crippen LogP contribution in [0.15, 0.2) is 43.4 Å². The Morgan fingerprint density at radius 3 is 2.17 bits per heavy atom. The van der Waals surface area contributed by atoms with Gasteiger partial charge in [-0.2, -0.15) is 0 Å². The van der Waals surface area contributed by atoms with Gasteiger partial charge in [0.2, 0.25) is 0 Å². The van der Waals surface area contributed by atoms with E-state index in [0.717, 1.165) is 0 Å². The van der Waals surface area contributed by atoms with Crippen LogP contribution < -0.4 is 10.6 Å². The highest BCUT2D eigenvalue weighted by Gasteiger charge is 2.51. The molecule has 1 unspecified atom stereocenters. The van der Waals surface area contributed by atoms with Crippen LogP contribution in [0.5, 0.6) is 0 Å². The molecule has 16 nitrogen and oxygen atoms in total. The Balaban J connectivity index is 1.07. The lowest BCUT2D eigenvalue weighted by Gasteiger charge is -2.16. The SMILES string of the molecule is O=[P+](S)O[C@H]1[C@@H](F)[C@H](n2cnc3c(NC/C=C/CNc4ncnc5c4ccn5[C@@H]4O[C@H](CO)[C@@H](OS)[C@H]4F)ncnc32)O[C@@H]1CO. The number of nitrogens with one attached hydrogen (secondary N) is 2. The number of aliphatic hydroxyl groups excluding tert-OH is 2. The molecule has 2 saturated heterocycles. The highest BCUT2D eigenvalue weighted by molar-refractivity contribution is 8.39. The predicted molar refractivity (Wildman–Crippen MR) is 166 cm³/mol. The molecule has 0 spiro atoms. The molecule has 46 heavy (non-hydrogen) atoms. The number of ether oxygens (including phenoxy) is 2. The molecule has 0 amide bonds. The molecular formula is C25H29F2N9O7PS2+. The normalized spacial score (nSPS) is 28.5. The molecule has 21 heteroatoms. The van der Waals surface area contributed by atoms with Gasteiger partial charge in [0.25, 0.3) is 0 Å². The maximum atomic E-state index is 15.2. The summed E-state index contributed by atoms with van der Waals surface area (Å²) in [5.74, 6) is 0.920. The van der Waals surface area contributed by atoms with E-state index in [0.29, 0.717) is 41.3 Å². The number of nitrogens with zero attached hydrogens (tertiary/aromatic N) is 7. The Bertz CT molecular complexity index is 1720. The number of rotatable bonds is 13. The smallest absolute Gasteiger partial charge is 0.394 e. The van der Waals surface area contributed by atoms with Crippen LogP contribution in [0.1, 0.15) is 12.5 Å². The predicted octanol–water partition coefficient (Wildman–Crippen LogP) is 2.31. The van der Waals surface area contributed by atoms with Gasteiger partial charge in [-0.05, 0) is 23.5 Å². The molecule has 4 aromatic heterocycles. The van der Waals surface area contributed by atoms with E-state index in [1.807, 2.05) is 12.2 Å². The lowest BCUT2D eigenvalue weighted by Crippen LogP contribution is -2.31. The van der Waals surface area contributed by atoms with E-state index >= 15 is 8.78 Å². The minimum Gasteiger partial charge on any atom is -0.394 e. The molecular weight excluding hydrogens is 671 g/mol. The Morgan fingerprint density at radius 1 is 0.913 bits per heavy atom. The van der Waals surface area contributed by atoms with Crippen molar-refractivity contribution < 1.29 is 41.7 Å². The Kier molecular flexibility index (Phi) is 10.3. The molecule has 4 aromatic rings. The molecule has 246 valence electrons. The molecule has 0 saturated carbocycles. The maximum absolute atomic E-state index is 15.2. The van der Waals surface area contributed by atoms with E-state index in [9.17, 15) is 14.8 Å². The third-order valence-electron chi connectivity index (χ3n) is 7.59. The first kappa shape index (κ1) is 32.9.